The van der Waals surface area contributed by atoms with Crippen LogP contribution in [0.5, 0.6) is 0 Å². The highest BCUT2D eigenvalue weighted by molar-refractivity contribution is 8.01. The summed E-state index contributed by atoms with van der Waals surface area (Å²) in [7, 11) is 0. The Labute approximate surface area is 127 Å². The zero-order chi connectivity index (χ0) is 15.8. The lowest BCUT2D eigenvalue weighted by atomic mass is 10.1. The zero-order valence-corrected chi connectivity index (χ0v) is 12.6. The van der Waals surface area contributed by atoms with Crippen molar-refractivity contribution in [1.82, 2.24) is 10.9 Å². The molecular formula is C14H18N2O4S. The molecule has 2 amide bonds. The summed E-state index contributed by atoms with van der Waals surface area (Å²) in [5.74, 6) is -1.94. The molecule has 1 aromatic rings. The first-order chi connectivity index (χ1) is 9.91. The molecule has 1 rings (SSSR count). The summed E-state index contributed by atoms with van der Waals surface area (Å²) in [6.45, 7) is 3.56. The number of hydrazine groups is 1. The highest BCUT2D eigenvalue weighted by Gasteiger charge is 2.22. The highest BCUT2D eigenvalue weighted by atomic mass is 32.2. The fraction of sp³-hybridized carbons (Fsp3) is 0.357. The van der Waals surface area contributed by atoms with E-state index in [1.54, 1.807) is 44.2 Å². The molecule has 1 atom stereocenters. The summed E-state index contributed by atoms with van der Waals surface area (Å²) in [4.78, 5) is 34.2. The van der Waals surface area contributed by atoms with Crippen LogP contribution in [-0.4, -0.2) is 33.9 Å². The van der Waals surface area contributed by atoms with Crippen molar-refractivity contribution in [1.29, 1.82) is 0 Å². The van der Waals surface area contributed by atoms with E-state index in [0.717, 1.165) is 11.8 Å². The molecule has 0 saturated heterocycles. The number of carbonyl (C=O) groups is 3. The van der Waals surface area contributed by atoms with E-state index in [4.69, 9.17) is 5.11 Å². The van der Waals surface area contributed by atoms with E-state index in [0.29, 0.717) is 5.56 Å². The Morgan fingerprint density at radius 2 is 1.76 bits per heavy atom. The molecule has 21 heavy (non-hydrogen) atoms. The first-order valence-electron chi connectivity index (χ1n) is 6.40. The number of aliphatic carboxylic acids is 1. The van der Waals surface area contributed by atoms with Gasteiger partial charge >= 0.3 is 5.97 Å². The summed E-state index contributed by atoms with van der Waals surface area (Å²) in [6, 6.07) is 8.45. The van der Waals surface area contributed by atoms with Gasteiger partial charge in [-0.2, -0.15) is 0 Å². The molecule has 1 unspecified atom stereocenters. The molecule has 0 heterocycles. The van der Waals surface area contributed by atoms with E-state index in [-0.39, 0.29) is 11.7 Å². The summed E-state index contributed by atoms with van der Waals surface area (Å²) in [6.07, 6.45) is 0. The molecular weight excluding hydrogens is 292 g/mol. The molecule has 7 heteroatoms. The van der Waals surface area contributed by atoms with Crippen molar-refractivity contribution < 1.29 is 19.5 Å². The molecule has 0 aliphatic rings. The second-order valence-corrected chi connectivity index (χ2v) is 5.81. The minimum atomic E-state index is -0.948. The van der Waals surface area contributed by atoms with E-state index >= 15 is 0 Å². The molecule has 0 saturated carbocycles. The van der Waals surface area contributed by atoms with Gasteiger partial charge in [0.2, 0.25) is 5.91 Å². The number of hydrogen-bond donors (Lipinski definition) is 3. The lowest BCUT2D eigenvalue weighted by Crippen LogP contribution is -2.43. The molecule has 0 fully saturated rings. The van der Waals surface area contributed by atoms with E-state index in [9.17, 15) is 14.4 Å². The standard InChI is InChI=1S/C14H18N2O4S/c1-9(2)12(14(19)20)21-8-11(17)15-16-13(18)10-6-4-3-5-7-10/h3-7,9,12H,8H2,1-2H3,(H,15,17)(H,16,18)(H,19,20). The third-order valence-corrected chi connectivity index (χ3v) is 4.13. The number of amides is 2. The fourth-order valence-corrected chi connectivity index (χ4v) is 2.47. The van der Waals surface area contributed by atoms with Crippen LogP contribution < -0.4 is 10.9 Å². The molecule has 0 aromatic heterocycles. The molecule has 0 aliphatic carbocycles. The molecule has 1 aromatic carbocycles. The molecule has 3 N–H and O–H groups in total. The van der Waals surface area contributed by atoms with Gasteiger partial charge in [-0.3, -0.25) is 25.2 Å². The van der Waals surface area contributed by atoms with Gasteiger partial charge in [-0.25, -0.2) is 0 Å². The van der Waals surface area contributed by atoms with Gasteiger partial charge in [0.05, 0.1) is 5.75 Å². The average Bonchev–Trinajstić information content (AvgIpc) is 2.45. The maximum atomic E-state index is 11.7. The number of carbonyl (C=O) groups excluding carboxylic acids is 2. The Morgan fingerprint density at radius 3 is 2.29 bits per heavy atom. The number of nitrogens with one attached hydrogen (secondary N) is 2. The third kappa shape index (κ3) is 5.86. The van der Waals surface area contributed by atoms with Crippen LogP contribution in [0.4, 0.5) is 0 Å². The van der Waals surface area contributed by atoms with E-state index in [1.165, 1.54) is 0 Å². The quantitative estimate of drug-likeness (QED) is 0.688. The number of carboxylic acid groups (broad SMARTS) is 1. The van der Waals surface area contributed by atoms with Crippen molar-refractivity contribution in [3.05, 3.63) is 35.9 Å². The van der Waals surface area contributed by atoms with Gasteiger partial charge in [0.1, 0.15) is 5.25 Å². The number of rotatable bonds is 6. The van der Waals surface area contributed by atoms with Gasteiger partial charge in [-0.15, -0.1) is 11.8 Å². The fourth-order valence-electron chi connectivity index (χ4n) is 1.54. The van der Waals surface area contributed by atoms with Crippen molar-refractivity contribution >= 4 is 29.5 Å². The van der Waals surface area contributed by atoms with Gasteiger partial charge < -0.3 is 5.11 Å². The van der Waals surface area contributed by atoms with Gasteiger partial charge in [0, 0.05) is 5.56 Å². The molecule has 0 radical (unpaired) electrons. The van der Waals surface area contributed by atoms with Crippen LogP contribution in [0, 0.1) is 5.92 Å². The number of thioether (sulfide) groups is 1. The van der Waals surface area contributed by atoms with Crippen LogP contribution in [0.15, 0.2) is 30.3 Å². The van der Waals surface area contributed by atoms with Crippen LogP contribution in [0.2, 0.25) is 0 Å². The Hall–Kier alpha value is -2.02. The summed E-state index contributed by atoms with van der Waals surface area (Å²) < 4.78 is 0. The highest BCUT2D eigenvalue weighted by Crippen LogP contribution is 2.19. The predicted molar refractivity (Wildman–Crippen MR) is 80.8 cm³/mol. The van der Waals surface area contributed by atoms with E-state index in [2.05, 4.69) is 10.9 Å². The van der Waals surface area contributed by atoms with Crippen LogP contribution >= 0.6 is 11.8 Å². The lowest BCUT2D eigenvalue weighted by molar-refractivity contribution is -0.137. The van der Waals surface area contributed by atoms with Crippen LogP contribution in [0.3, 0.4) is 0 Å². The summed E-state index contributed by atoms with van der Waals surface area (Å²) in [5, 5.41) is 8.35. The van der Waals surface area contributed by atoms with E-state index < -0.39 is 23.0 Å². The van der Waals surface area contributed by atoms with Crippen molar-refractivity contribution in [3.63, 3.8) is 0 Å². The Balaban J connectivity index is 2.38. The zero-order valence-electron chi connectivity index (χ0n) is 11.8. The maximum Gasteiger partial charge on any atom is 0.316 e. The number of hydrogen-bond acceptors (Lipinski definition) is 4. The van der Waals surface area contributed by atoms with Crippen molar-refractivity contribution in [3.8, 4) is 0 Å². The third-order valence-electron chi connectivity index (χ3n) is 2.59. The average molecular weight is 310 g/mol. The Kier molecular flexibility index (Phi) is 6.74. The minimum absolute atomic E-state index is 0.0375. The lowest BCUT2D eigenvalue weighted by Gasteiger charge is -2.15. The summed E-state index contributed by atoms with van der Waals surface area (Å²) >= 11 is 1.03. The predicted octanol–water partition coefficient (Wildman–Crippen LogP) is 1.29. The minimum Gasteiger partial charge on any atom is -0.480 e. The largest absolute Gasteiger partial charge is 0.480 e. The van der Waals surface area contributed by atoms with Crippen LogP contribution in [-0.2, 0) is 9.59 Å². The summed E-state index contributed by atoms with van der Waals surface area (Å²) in [5.41, 5.74) is 4.97. The second kappa shape index (κ2) is 8.31. The second-order valence-electron chi connectivity index (χ2n) is 4.68. The SMILES string of the molecule is CC(C)C(SCC(=O)NNC(=O)c1ccccc1)C(=O)O. The molecule has 0 spiro atoms. The monoisotopic (exact) mass is 310 g/mol. The first-order valence-corrected chi connectivity index (χ1v) is 7.45. The van der Waals surface area contributed by atoms with Crippen molar-refractivity contribution in [2.45, 2.75) is 19.1 Å². The number of benzene rings is 1. The van der Waals surface area contributed by atoms with E-state index in [1.807, 2.05) is 0 Å². The van der Waals surface area contributed by atoms with Crippen molar-refractivity contribution in [2.75, 3.05) is 5.75 Å². The maximum absolute atomic E-state index is 11.7. The van der Waals surface area contributed by atoms with Gasteiger partial charge in [-0.05, 0) is 18.1 Å². The normalized spacial score (nSPS) is 11.8. The Morgan fingerprint density at radius 1 is 1.14 bits per heavy atom. The topological polar surface area (TPSA) is 95.5 Å². The molecule has 114 valence electrons. The first kappa shape index (κ1) is 17.0. The van der Waals surface area contributed by atoms with Gasteiger partial charge in [0.15, 0.2) is 0 Å². The van der Waals surface area contributed by atoms with Crippen LogP contribution in [0.1, 0.15) is 24.2 Å². The van der Waals surface area contributed by atoms with Gasteiger partial charge in [0.25, 0.3) is 5.91 Å². The Bertz CT molecular complexity index is 505. The molecule has 6 nitrogen and oxygen atoms in total. The van der Waals surface area contributed by atoms with Crippen molar-refractivity contribution in [2.24, 2.45) is 5.92 Å². The van der Waals surface area contributed by atoms with Crippen LogP contribution in [0.25, 0.3) is 0 Å². The smallest absolute Gasteiger partial charge is 0.316 e. The van der Waals surface area contributed by atoms with Gasteiger partial charge in [-0.1, -0.05) is 32.0 Å². The molecule has 0 bridgehead atoms. The number of carboxylic acids is 1. The molecule has 0 aliphatic heterocycles.